The van der Waals surface area contributed by atoms with E-state index in [4.69, 9.17) is 14.2 Å². The number of nitrogens with zero attached hydrogens (tertiary/aromatic N) is 2. The lowest BCUT2D eigenvalue weighted by atomic mass is 10.2. The maximum atomic E-state index is 10.3. The number of rotatable bonds is 7. The smallest absolute Gasteiger partial charge is 0.161 e. The highest BCUT2D eigenvalue weighted by atomic mass is 35.5. The van der Waals surface area contributed by atoms with E-state index in [0.29, 0.717) is 26.4 Å². The van der Waals surface area contributed by atoms with Crippen molar-refractivity contribution < 1.29 is 44.1 Å². The van der Waals surface area contributed by atoms with Crippen LogP contribution in [-0.2, 0) is 4.74 Å². The number of hydrogen-bond acceptors (Lipinski definition) is 6. The van der Waals surface area contributed by atoms with Gasteiger partial charge in [-0.1, -0.05) is 30.3 Å². The zero-order valence-electron chi connectivity index (χ0n) is 16.8. The fraction of sp³-hybridized carbons (Fsp3) is 0.455. The molecule has 0 aliphatic carbocycles. The first-order valence-corrected chi connectivity index (χ1v) is 9.94. The van der Waals surface area contributed by atoms with Crippen LogP contribution in [0.15, 0.2) is 54.6 Å². The lowest BCUT2D eigenvalue weighted by Gasteiger charge is -2.36. The summed E-state index contributed by atoms with van der Waals surface area (Å²) >= 11 is 0. The summed E-state index contributed by atoms with van der Waals surface area (Å²) < 4.78 is 17.2. The Balaban J connectivity index is 0.00000160. The Morgan fingerprint density at radius 3 is 2.33 bits per heavy atom. The molecule has 6 nitrogen and oxygen atoms in total. The maximum absolute atomic E-state index is 10.3. The molecule has 0 spiro atoms. The van der Waals surface area contributed by atoms with Gasteiger partial charge in [0.05, 0.1) is 19.3 Å². The lowest BCUT2D eigenvalue weighted by Crippen LogP contribution is -3.00. The molecule has 0 aromatic heterocycles. The monoisotopic (exact) mass is 454 g/mol. The summed E-state index contributed by atoms with van der Waals surface area (Å²) in [6.45, 7) is 5.66. The van der Waals surface area contributed by atoms with E-state index in [0.717, 1.165) is 37.7 Å². The highest BCUT2D eigenvalue weighted by Gasteiger charge is 2.22. The molecule has 2 heterocycles. The van der Waals surface area contributed by atoms with E-state index in [9.17, 15) is 5.11 Å². The van der Waals surface area contributed by atoms with Gasteiger partial charge >= 0.3 is 0 Å². The van der Waals surface area contributed by atoms with Gasteiger partial charge in [-0.3, -0.25) is 4.90 Å². The molecule has 1 N–H and O–H groups in total. The van der Waals surface area contributed by atoms with E-state index >= 15 is 0 Å². The molecule has 1 fully saturated rings. The van der Waals surface area contributed by atoms with E-state index in [1.54, 1.807) is 0 Å². The zero-order valence-corrected chi connectivity index (χ0v) is 18.3. The van der Waals surface area contributed by atoms with Crippen molar-refractivity contribution in [1.29, 1.82) is 0 Å². The van der Waals surface area contributed by atoms with Gasteiger partial charge in [0, 0.05) is 38.4 Å². The summed E-state index contributed by atoms with van der Waals surface area (Å²) in [6, 6.07) is 18.1. The molecule has 0 bridgehead atoms. The quantitative estimate of drug-likeness (QED) is 0.460. The van der Waals surface area contributed by atoms with Gasteiger partial charge in [-0.05, 0) is 24.3 Å². The average molecular weight is 455 g/mol. The van der Waals surface area contributed by atoms with Gasteiger partial charge in [0.15, 0.2) is 17.6 Å². The predicted molar refractivity (Wildman–Crippen MR) is 108 cm³/mol. The number of anilines is 1. The molecule has 2 aliphatic heterocycles. The second-order valence-electron chi connectivity index (χ2n) is 7.31. The van der Waals surface area contributed by atoms with Crippen molar-refractivity contribution in [1.82, 2.24) is 4.90 Å². The van der Waals surface area contributed by atoms with Crippen molar-refractivity contribution in [2.45, 2.75) is 12.2 Å². The number of ether oxygens (including phenoxy) is 3. The number of para-hydroxylation sites is 3. The van der Waals surface area contributed by atoms with E-state index < -0.39 is 6.10 Å². The van der Waals surface area contributed by atoms with Gasteiger partial charge in [0.25, 0.3) is 0 Å². The van der Waals surface area contributed by atoms with Gasteiger partial charge in [0.2, 0.25) is 0 Å². The number of piperazine rings is 1. The van der Waals surface area contributed by atoms with Crippen LogP contribution in [0.25, 0.3) is 0 Å². The van der Waals surface area contributed by atoms with E-state index in [1.807, 2.05) is 30.3 Å². The van der Waals surface area contributed by atoms with Gasteiger partial charge < -0.3 is 49.0 Å². The first-order valence-electron chi connectivity index (χ1n) is 9.94. The number of fused-ring (bicyclic) bond motifs is 1. The summed E-state index contributed by atoms with van der Waals surface area (Å²) in [6.07, 6.45) is -0.642. The summed E-state index contributed by atoms with van der Waals surface area (Å²) in [7, 11) is 0. The van der Waals surface area contributed by atoms with Crippen molar-refractivity contribution >= 4 is 5.69 Å². The van der Waals surface area contributed by atoms with Crippen molar-refractivity contribution in [3.63, 3.8) is 0 Å². The summed E-state index contributed by atoms with van der Waals surface area (Å²) in [5.41, 5.74) is 1.27. The number of β-amino-alcohol motifs (C(OH)–C–C–N with tert-alkyl or cyclic N) is 1. The summed E-state index contributed by atoms with van der Waals surface area (Å²) in [4.78, 5) is 4.68. The van der Waals surface area contributed by atoms with Crippen LogP contribution in [-0.4, -0.2) is 74.8 Å². The molecular weight excluding hydrogens is 427 g/mol. The van der Waals surface area contributed by atoms with Crippen molar-refractivity contribution in [3.05, 3.63) is 54.6 Å². The fourth-order valence-electron chi connectivity index (χ4n) is 3.66. The van der Waals surface area contributed by atoms with Crippen LogP contribution in [0.3, 0.4) is 0 Å². The molecule has 1 saturated heterocycles. The molecule has 0 radical (unpaired) electrons. The molecule has 30 heavy (non-hydrogen) atoms. The van der Waals surface area contributed by atoms with E-state index in [2.05, 4.69) is 34.1 Å². The summed E-state index contributed by atoms with van der Waals surface area (Å²) in [5, 5.41) is 10.3. The highest BCUT2D eigenvalue weighted by Crippen LogP contribution is 2.30. The third kappa shape index (κ3) is 6.65. The van der Waals surface area contributed by atoms with Crippen molar-refractivity contribution in [2.75, 3.05) is 57.4 Å². The largest absolute Gasteiger partial charge is 1.00 e. The molecule has 2 atom stereocenters. The number of hydrogen-bond donors (Lipinski definition) is 1. The molecule has 2 aromatic carbocycles. The van der Waals surface area contributed by atoms with E-state index in [-0.39, 0.29) is 30.9 Å². The summed E-state index contributed by atoms with van der Waals surface area (Å²) in [5.74, 6) is 1.52. The van der Waals surface area contributed by atoms with Crippen LogP contribution in [0, 0.1) is 0 Å². The Hall–Kier alpha value is -1.70. The molecule has 4 rings (SSSR count). The van der Waals surface area contributed by atoms with Crippen molar-refractivity contribution in [2.24, 2.45) is 0 Å². The molecule has 0 amide bonds. The first kappa shape index (κ1) is 24.6. The second-order valence-corrected chi connectivity index (χ2v) is 7.31. The molecule has 0 saturated carbocycles. The van der Waals surface area contributed by atoms with Gasteiger partial charge in [0.1, 0.15) is 6.61 Å². The minimum absolute atomic E-state index is 0. The normalized spacial score (nSPS) is 19.4. The van der Waals surface area contributed by atoms with Gasteiger partial charge in [-0.15, -0.1) is 0 Å². The van der Waals surface area contributed by atoms with Crippen LogP contribution in [0.5, 0.6) is 11.5 Å². The standard InChI is InChI=1S/C22H28N2O4.2ClH/c25-19(14-23-10-12-24(13-11-23)18-6-2-1-3-7-18)15-26-16-20-17-27-21-8-4-5-9-22(21)28-20;;/h1-9,19-20,25H,10-17H2;2*1H/p-2. The Morgan fingerprint density at radius 2 is 1.60 bits per heavy atom. The van der Waals surface area contributed by atoms with Crippen LogP contribution >= 0.6 is 0 Å². The Labute approximate surface area is 190 Å². The third-order valence-corrected chi connectivity index (χ3v) is 5.14. The minimum atomic E-state index is -0.500. The first-order chi connectivity index (χ1) is 13.8. The zero-order chi connectivity index (χ0) is 19.2. The number of aliphatic hydroxyl groups excluding tert-OH is 1. The van der Waals surface area contributed by atoms with Crippen LogP contribution in [0.4, 0.5) is 5.69 Å². The van der Waals surface area contributed by atoms with Crippen LogP contribution < -0.4 is 39.2 Å². The molecule has 166 valence electrons. The van der Waals surface area contributed by atoms with Gasteiger partial charge in [-0.2, -0.15) is 0 Å². The Kier molecular flexibility index (Phi) is 10.0. The molecule has 2 aliphatic rings. The van der Waals surface area contributed by atoms with Crippen molar-refractivity contribution in [3.8, 4) is 11.5 Å². The van der Waals surface area contributed by atoms with Crippen LogP contribution in [0.1, 0.15) is 0 Å². The minimum Gasteiger partial charge on any atom is -1.00 e. The van der Waals surface area contributed by atoms with Gasteiger partial charge in [-0.25, -0.2) is 0 Å². The topological polar surface area (TPSA) is 54.4 Å². The van der Waals surface area contributed by atoms with Crippen LogP contribution in [0.2, 0.25) is 0 Å². The highest BCUT2D eigenvalue weighted by molar-refractivity contribution is 5.46. The number of aliphatic hydroxyl groups is 1. The average Bonchev–Trinajstić information content (AvgIpc) is 2.75. The molecule has 2 aromatic rings. The molecule has 2 unspecified atom stereocenters. The lowest BCUT2D eigenvalue weighted by molar-refractivity contribution is -0.0292. The fourth-order valence-corrected chi connectivity index (χ4v) is 3.66. The predicted octanol–water partition coefficient (Wildman–Crippen LogP) is -3.97. The molecule has 8 heteroatoms. The van der Waals surface area contributed by atoms with E-state index in [1.165, 1.54) is 5.69 Å². The maximum Gasteiger partial charge on any atom is 0.161 e. The Bertz CT molecular complexity index is 745. The third-order valence-electron chi connectivity index (χ3n) is 5.14. The number of benzene rings is 2. The Morgan fingerprint density at radius 1 is 0.933 bits per heavy atom. The second kappa shape index (κ2) is 12.2. The molecular formula is C22H28Cl2N2O4-2. The number of halogens is 2. The SMILES string of the molecule is OC(COCC1COc2ccccc2O1)CN1CCN(c2ccccc2)CC1.[Cl-].[Cl-].